The Labute approximate surface area is 166 Å². The van der Waals surface area contributed by atoms with Gasteiger partial charge in [0.05, 0.1) is 6.61 Å². The van der Waals surface area contributed by atoms with E-state index in [4.69, 9.17) is 4.74 Å². The highest BCUT2D eigenvalue weighted by atomic mass is 19.1. The van der Waals surface area contributed by atoms with Crippen molar-refractivity contribution in [1.82, 2.24) is 24.3 Å². The Morgan fingerprint density at radius 3 is 2.86 bits per heavy atom. The van der Waals surface area contributed by atoms with Crippen molar-refractivity contribution in [3.05, 3.63) is 65.4 Å². The zero-order valence-electron chi connectivity index (χ0n) is 16.1. The molecule has 4 heterocycles. The number of ether oxygens (including phenoxy) is 1. The molecule has 0 radical (unpaired) electrons. The number of aryl methyl sites for hydroxylation is 2. The van der Waals surface area contributed by atoms with Gasteiger partial charge in [0.1, 0.15) is 23.0 Å². The Morgan fingerprint density at radius 1 is 1.14 bits per heavy atom. The number of rotatable bonds is 4. The smallest absolute Gasteiger partial charge is 0.208 e. The summed E-state index contributed by atoms with van der Waals surface area (Å²) >= 11 is 0. The van der Waals surface area contributed by atoms with Gasteiger partial charge in [-0.25, -0.2) is 24.3 Å². The van der Waals surface area contributed by atoms with Crippen LogP contribution in [-0.4, -0.2) is 30.9 Å². The van der Waals surface area contributed by atoms with E-state index in [1.807, 2.05) is 24.4 Å². The number of halogens is 1. The van der Waals surface area contributed by atoms with Crippen molar-refractivity contribution < 1.29 is 9.13 Å². The van der Waals surface area contributed by atoms with Gasteiger partial charge in [0.2, 0.25) is 5.95 Å². The van der Waals surface area contributed by atoms with E-state index in [1.54, 1.807) is 24.7 Å². The maximum Gasteiger partial charge on any atom is 0.208 e. The van der Waals surface area contributed by atoms with E-state index < -0.39 is 0 Å². The van der Waals surface area contributed by atoms with Crippen LogP contribution in [0.3, 0.4) is 0 Å². The van der Waals surface area contributed by atoms with Crippen LogP contribution in [-0.2, 0) is 13.0 Å². The van der Waals surface area contributed by atoms with E-state index in [-0.39, 0.29) is 5.82 Å². The Balaban J connectivity index is 1.50. The SMILES string of the molecule is Cc1ncc(-c2cnc(NCc3c(F)ccc4c3CCO4)n3ccnc23)c(C)n1. The van der Waals surface area contributed by atoms with Crippen LogP contribution in [0.5, 0.6) is 5.75 Å². The first kappa shape index (κ1) is 17.5. The van der Waals surface area contributed by atoms with Gasteiger partial charge in [0.25, 0.3) is 0 Å². The molecule has 0 fully saturated rings. The van der Waals surface area contributed by atoms with E-state index in [0.29, 0.717) is 31.1 Å². The van der Waals surface area contributed by atoms with Crippen LogP contribution >= 0.6 is 0 Å². The van der Waals surface area contributed by atoms with Crippen LogP contribution in [0.15, 0.2) is 36.9 Å². The van der Waals surface area contributed by atoms with Gasteiger partial charge in [-0.2, -0.15) is 0 Å². The number of nitrogens with zero attached hydrogens (tertiary/aromatic N) is 5. The van der Waals surface area contributed by atoms with Crippen molar-refractivity contribution in [2.75, 3.05) is 11.9 Å². The van der Waals surface area contributed by atoms with Gasteiger partial charge in [-0.3, -0.25) is 4.40 Å². The van der Waals surface area contributed by atoms with Crippen molar-refractivity contribution in [3.8, 4) is 16.9 Å². The van der Waals surface area contributed by atoms with Crippen molar-refractivity contribution in [1.29, 1.82) is 0 Å². The molecule has 0 unspecified atom stereocenters. The first-order valence-electron chi connectivity index (χ1n) is 9.41. The quantitative estimate of drug-likeness (QED) is 0.575. The molecule has 1 aromatic carbocycles. The molecule has 4 aromatic rings. The lowest BCUT2D eigenvalue weighted by Crippen LogP contribution is -2.10. The summed E-state index contributed by atoms with van der Waals surface area (Å²) in [6, 6.07) is 3.14. The molecule has 1 aliphatic heterocycles. The van der Waals surface area contributed by atoms with Gasteiger partial charge < -0.3 is 10.1 Å². The summed E-state index contributed by atoms with van der Waals surface area (Å²) in [7, 11) is 0. The topological polar surface area (TPSA) is 77.2 Å². The summed E-state index contributed by atoms with van der Waals surface area (Å²) in [5, 5.41) is 3.25. The van der Waals surface area contributed by atoms with Gasteiger partial charge >= 0.3 is 0 Å². The fourth-order valence-electron chi connectivity index (χ4n) is 3.76. The molecular formula is C21H19FN6O. The Morgan fingerprint density at radius 2 is 2.00 bits per heavy atom. The molecule has 7 nitrogen and oxygen atoms in total. The highest BCUT2D eigenvalue weighted by molar-refractivity contribution is 5.78. The van der Waals surface area contributed by atoms with E-state index in [2.05, 4.69) is 25.3 Å². The molecule has 0 spiro atoms. The van der Waals surface area contributed by atoms with Crippen molar-refractivity contribution in [2.24, 2.45) is 0 Å². The van der Waals surface area contributed by atoms with Gasteiger partial charge in [0.15, 0.2) is 0 Å². The first-order chi connectivity index (χ1) is 14.1. The minimum Gasteiger partial charge on any atom is -0.493 e. The highest BCUT2D eigenvalue weighted by Crippen LogP contribution is 2.31. The summed E-state index contributed by atoms with van der Waals surface area (Å²) in [6.45, 7) is 4.70. The van der Waals surface area contributed by atoms with Crippen LogP contribution in [0, 0.1) is 19.7 Å². The number of fused-ring (bicyclic) bond motifs is 2. The van der Waals surface area contributed by atoms with Crippen molar-refractivity contribution in [3.63, 3.8) is 0 Å². The van der Waals surface area contributed by atoms with Crippen LogP contribution in [0.4, 0.5) is 10.3 Å². The van der Waals surface area contributed by atoms with Crippen molar-refractivity contribution >= 4 is 11.6 Å². The highest BCUT2D eigenvalue weighted by Gasteiger charge is 2.20. The van der Waals surface area contributed by atoms with Gasteiger partial charge in [-0.05, 0) is 26.0 Å². The standard InChI is InChI=1S/C21H19FN6O/c1-12-15(9-24-13(2)27-12)17-11-26-21(28-7-6-23-20(17)28)25-10-16-14-5-8-29-19(14)4-3-18(16)22/h3-4,6-7,9,11H,5,8,10H2,1-2H3,(H,25,26). The average Bonchev–Trinajstić information content (AvgIpc) is 3.37. The van der Waals surface area contributed by atoms with Crippen LogP contribution in [0.2, 0.25) is 0 Å². The molecule has 0 amide bonds. The number of hydrogen-bond acceptors (Lipinski definition) is 6. The van der Waals surface area contributed by atoms with Crippen LogP contribution in [0.25, 0.3) is 16.8 Å². The third-order valence-corrected chi connectivity index (χ3v) is 5.18. The molecule has 0 aliphatic carbocycles. The molecule has 0 saturated carbocycles. The van der Waals surface area contributed by atoms with E-state index in [9.17, 15) is 4.39 Å². The fraction of sp³-hybridized carbons (Fsp3) is 0.238. The number of hydrogen-bond donors (Lipinski definition) is 1. The lowest BCUT2D eigenvalue weighted by molar-refractivity contribution is 0.356. The van der Waals surface area contributed by atoms with E-state index >= 15 is 0 Å². The molecule has 146 valence electrons. The summed E-state index contributed by atoms with van der Waals surface area (Å²) in [4.78, 5) is 17.8. The largest absolute Gasteiger partial charge is 0.493 e. The Kier molecular flexibility index (Phi) is 4.12. The molecule has 1 aliphatic rings. The maximum atomic E-state index is 14.4. The third kappa shape index (κ3) is 2.97. The lowest BCUT2D eigenvalue weighted by Gasteiger charge is -2.13. The number of imidazole rings is 1. The summed E-state index contributed by atoms with van der Waals surface area (Å²) in [6.07, 6.45) is 7.79. The van der Waals surface area contributed by atoms with Crippen molar-refractivity contribution in [2.45, 2.75) is 26.8 Å². The van der Waals surface area contributed by atoms with E-state index in [0.717, 1.165) is 39.6 Å². The van der Waals surface area contributed by atoms with Gasteiger partial charge in [-0.15, -0.1) is 0 Å². The van der Waals surface area contributed by atoms with E-state index in [1.165, 1.54) is 6.07 Å². The Hall–Kier alpha value is -3.55. The fourth-order valence-corrected chi connectivity index (χ4v) is 3.76. The molecule has 29 heavy (non-hydrogen) atoms. The number of benzene rings is 1. The summed E-state index contributed by atoms with van der Waals surface area (Å²) in [5.41, 5.74) is 4.87. The second-order valence-corrected chi connectivity index (χ2v) is 6.99. The minimum absolute atomic E-state index is 0.243. The lowest BCUT2D eigenvalue weighted by atomic mass is 10.0. The Bertz CT molecular complexity index is 1240. The molecule has 0 saturated heterocycles. The normalized spacial score (nSPS) is 12.8. The zero-order chi connectivity index (χ0) is 20.0. The molecule has 0 atom stereocenters. The van der Waals surface area contributed by atoms with Crippen LogP contribution < -0.4 is 10.1 Å². The summed E-state index contributed by atoms with van der Waals surface area (Å²) in [5.74, 6) is 1.82. The third-order valence-electron chi connectivity index (χ3n) is 5.18. The number of aromatic nitrogens is 5. The molecule has 0 bridgehead atoms. The average molecular weight is 390 g/mol. The van der Waals surface area contributed by atoms with Gasteiger partial charge in [0, 0.05) is 65.7 Å². The summed E-state index contributed by atoms with van der Waals surface area (Å²) < 4.78 is 21.8. The molecule has 5 rings (SSSR count). The molecule has 8 heteroatoms. The predicted molar refractivity (Wildman–Crippen MR) is 106 cm³/mol. The minimum atomic E-state index is -0.243. The maximum absolute atomic E-state index is 14.4. The number of nitrogens with one attached hydrogen (secondary N) is 1. The monoisotopic (exact) mass is 390 g/mol. The van der Waals surface area contributed by atoms with Gasteiger partial charge in [-0.1, -0.05) is 0 Å². The number of anilines is 1. The second-order valence-electron chi connectivity index (χ2n) is 6.99. The second kappa shape index (κ2) is 6.80. The zero-order valence-corrected chi connectivity index (χ0v) is 16.1. The molecule has 1 N–H and O–H groups in total. The first-order valence-corrected chi connectivity index (χ1v) is 9.41. The predicted octanol–water partition coefficient (Wildman–Crippen LogP) is 3.49. The molecule has 3 aromatic heterocycles. The van der Waals surface area contributed by atoms with Crippen LogP contribution in [0.1, 0.15) is 22.6 Å². The molecular weight excluding hydrogens is 371 g/mol.